The Labute approximate surface area is 170 Å². The van der Waals surface area contributed by atoms with Crippen LogP contribution in [0.3, 0.4) is 0 Å². The van der Waals surface area contributed by atoms with Crippen molar-refractivity contribution in [1.82, 2.24) is 19.8 Å². The molecule has 2 aliphatic rings. The minimum absolute atomic E-state index is 0.262. The molecule has 1 saturated heterocycles. The van der Waals surface area contributed by atoms with E-state index < -0.39 is 0 Å². The summed E-state index contributed by atoms with van der Waals surface area (Å²) in [6, 6.07) is 2.73. The molecule has 0 bridgehead atoms. The van der Waals surface area contributed by atoms with Gasteiger partial charge in [-0.1, -0.05) is 12.8 Å². The zero-order valence-electron chi connectivity index (χ0n) is 17.9. The first kappa shape index (κ1) is 21.0. The molecule has 156 valence electrons. The molecule has 6 heteroatoms. The lowest BCUT2D eigenvalue weighted by Crippen LogP contribution is -2.43. The third-order valence-electron chi connectivity index (χ3n) is 6.28. The zero-order valence-corrected chi connectivity index (χ0v) is 17.9. The number of anilines is 1. The fourth-order valence-electron chi connectivity index (χ4n) is 4.60. The highest BCUT2D eigenvalue weighted by Gasteiger charge is 2.23. The van der Waals surface area contributed by atoms with Gasteiger partial charge in [0.15, 0.2) is 0 Å². The zero-order chi connectivity index (χ0) is 19.9. The predicted molar refractivity (Wildman–Crippen MR) is 113 cm³/mol. The Balaban J connectivity index is 1.49. The van der Waals surface area contributed by atoms with Crippen LogP contribution in [-0.4, -0.2) is 64.4 Å². The van der Waals surface area contributed by atoms with Crippen LogP contribution in [0.1, 0.15) is 63.9 Å². The molecule has 28 heavy (non-hydrogen) atoms. The van der Waals surface area contributed by atoms with Crippen molar-refractivity contribution in [2.24, 2.45) is 5.92 Å². The normalized spacial score (nSPS) is 19.1. The van der Waals surface area contributed by atoms with Gasteiger partial charge in [0.2, 0.25) is 5.91 Å². The molecule has 1 saturated carbocycles. The Hall–Kier alpha value is -1.69. The van der Waals surface area contributed by atoms with Crippen molar-refractivity contribution in [3.05, 3.63) is 17.6 Å². The Bertz CT molecular complexity index is 632. The highest BCUT2D eigenvalue weighted by molar-refractivity contribution is 5.78. The third kappa shape index (κ3) is 5.90. The van der Waals surface area contributed by atoms with Crippen molar-refractivity contribution < 1.29 is 4.79 Å². The summed E-state index contributed by atoms with van der Waals surface area (Å²) in [6.45, 7) is 10.3. The minimum atomic E-state index is 0.262. The molecule has 0 unspecified atom stereocenters. The van der Waals surface area contributed by atoms with Gasteiger partial charge in [-0.2, -0.15) is 0 Å². The number of nitrogens with zero attached hydrogens (tertiary/aromatic N) is 4. The summed E-state index contributed by atoms with van der Waals surface area (Å²) in [6.07, 6.45) is 8.44. The second kappa shape index (κ2) is 10.2. The summed E-state index contributed by atoms with van der Waals surface area (Å²) in [4.78, 5) is 25.8. The summed E-state index contributed by atoms with van der Waals surface area (Å²) < 4.78 is 0. The average molecular weight is 388 g/mol. The molecule has 1 aromatic heterocycles. The van der Waals surface area contributed by atoms with Crippen molar-refractivity contribution in [1.29, 1.82) is 0 Å². The monoisotopic (exact) mass is 387 g/mol. The van der Waals surface area contributed by atoms with Crippen molar-refractivity contribution in [3.63, 3.8) is 0 Å². The largest absolute Gasteiger partial charge is 0.367 e. The SMILES string of the molecule is CCN(CC)C(=O)CN1CCC(Cc2cc(NC3CCCC3)nc(C)n2)CC1. The maximum absolute atomic E-state index is 12.3. The fourth-order valence-corrected chi connectivity index (χ4v) is 4.60. The van der Waals surface area contributed by atoms with Crippen molar-refractivity contribution in [2.75, 3.05) is 38.0 Å². The highest BCUT2D eigenvalue weighted by Crippen LogP contribution is 2.24. The van der Waals surface area contributed by atoms with E-state index in [1.54, 1.807) is 0 Å². The summed E-state index contributed by atoms with van der Waals surface area (Å²) in [5.74, 6) is 2.77. The van der Waals surface area contributed by atoms with Crippen LogP contribution in [0.15, 0.2) is 6.07 Å². The second-order valence-electron chi connectivity index (χ2n) is 8.41. The quantitative estimate of drug-likeness (QED) is 0.742. The molecule has 1 amide bonds. The van der Waals surface area contributed by atoms with Crippen LogP contribution in [0, 0.1) is 12.8 Å². The molecule has 6 nitrogen and oxygen atoms in total. The molecular weight excluding hydrogens is 350 g/mol. The number of hydrogen-bond donors (Lipinski definition) is 1. The van der Waals surface area contributed by atoms with Crippen LogP contribution < -0.4 is 5.32 Å². The fraction of sp³-hybridized carbons (Fsp3) is 0.773. The number of piperidine rings is 1. The van der Waals surface area contributed by atoms with Gasteiger partial charge in [0.05, 0.1) is 6.54 Å². The molecule has 0 spiro atoms. The molecule has 1 aliphatic heterocycles. The molecule has 3 rings (SSSR count). The maximum Gasteiger partial charge on any atom is 0.236 e. The van der Waals surface area contributed by atoms with E-state index in [2.05, 4.69) is 26.3 Å². The lowest BCUT2D eigenvalue weighted by Gasteiger charge is -2.32. The van der Waals surface area contributed by atoms with E-state index in [9.17, 15) is 4.79 Å². The van der Waals surface area contributed by atoms with Gasteiger partial charge in [0.25, 0.3) is 0 Å². The standard InChI is InChI=1S/C22H37N5O/c1-4-27(5-2)22(28)16-26-12-10-18(11-13-26)14-20-15-21(24-17(3)23-20)25-19-8-6-7-9-19/h15,18-19H,4-14,16H2,1-3H3,(H,23,24,25). The minimum Gasteiger partial charge on any atom is -0.367 e. The summed E-state index contributed by atoms with van der Waals surface area (Å²) in [5.41, 5.74) is 1.16. The van der Waals surface area contributed by atoms with E-state index in [1.807, 2.05) is 25.7 Å². The van der Waals surface area contributed by atoms with E-state index in [4.69, 9.17) is 0 Å². The van der Waals surface area contributed by atoms with Crippen LogP contribution in [0.4, 0.5) is 5.82 Å². The Morgan fingerprint density at radius 2 is 1.82 bits per heavy atom. The first-order chi connectivity index (χ1) is 13.6. The lowest BCUT2D eigenvalue weighted by atomic mass is 9.92. The van der Waals surface area contributed by atoms with Crippen molar-refractivity contribution in [3.8, 4) is 0 Å². The number of rotatable bonds is 8. The topological polar surface area (TPSA) is 61.4 Å². The number of hydrogen-bond acceptors (Lipinski definition) is 5. The first-order valence-electron chi connectivity index (χ1n) is 11.2. The number of likely N-dealkylation sites (tertiary alicyclic amines) is 1. The highest BCUT2D eigenvalue weighted by atomic mass is 16.2. The second-order valence-corrected chi connectivity index (χ2v) is 8.41. The smallest absolute Gasteiger partial charge is 0.236 e. The number of aryl methyl sites for hydroxylation is 1. The summed E-state index contributed by atoms with van der Waals surface area (Å²) >= 11 is 0. The number of likely N-dealkylation sites (N-methyl/N-ethyl adjacent to an activating group) is 1. The molecule has 0 radical (unpaired) electrons. The Morgan fingerprint density at radius 3 is 2.46 bits per heavy atom. The van der Waals surface area contributed by atoms with Gasteiger partial charge < -0.3 is 10.2 Å². The van der Waals surface area contributed by atoms with Gasteiger partial charge in [-0.3, -0.25) is 9.69 Å². The number of carbonyl (C=O) groups excluding carboxylic acids is 1. The molecule has 0 aromatic carbocycles. The predicted octanol–water partition coefficient (Wildman–Crippen LogP) is 3.26. The molecular formula is C22H37N5O. The first-order valence-corrected chi connectivity index (χ1v) is 11.2. The van der Waals surface area contributed by atoms with Gasteiger partial charge in [0.1, 0.15) is 11.6 Å². The van der Waals surface area contributed by atoms with Crippen LogP contribution >= 0.6 is 0 Å². The van der Waals surface area contributed by atoms with Gasteiger partial charge in [-0.15, -0.1) is 0 Å². The number of nitrogens with one attached hydrogen (secondary N) is 1. The molecule has 0 atom stereocenters. The van der Waals surface area contributed by atoms with Crippen molar-refractivity contribution >= 4 is 11.7 Å². The van der Waals surface area contributed by atoms with E-state index in [0.29, 0.717) is 18.5 Å². The molecule has 1 N–H and O–H groups in total. The third-order valence-corrected chi connectivity index (χ3v) is 6.28. The van der Waals surface area contributed by atoms with Crippen LogP contribution in [-0.2, 0) is 11.2 Å². The molecule has 1 aromatic rings. The molecule has 2 heterocycles. The number of carbonyl (C=O) groups is 1. The molecule has 2 fully saturated rings. The van der Waals surface area contributed by atoms with Gasteiger partial charge in [0, 0.05) is 30.9 Å². The van der Waals surface area contributed by atoms with E-state index in [-0.39, 0.29) is 5.91 Å². The van der Waals surface area contributed by atoms with E-state index in [1.165, 1.54) is 25.7 Å². The Morgan fingerprint density at radius 1 is 1.14 bits per heavy atom. The van der Waals surface area contributed by atoms with E-state index in [0.717, 1.165) is 62.8 Å². The van der Waals surface area contributed by atoms with Gasteiger partial charge in [-0.25, -0.2) is 9.97 Å². The van der Waals surface area contributed by atoms with Gasteiger partial charge >= 0.3 is 0 Å². The van der Waals surface area contributed by atoms with Crippen LogP contribution in [0.25, 0.3) is 0 Å². The van der Waals surface area contributed by atoms with Gasteiger partial charge in [-0.05, 0) is 71.9 Å². The Kier molecular flexibility index (Phi) is 7.65. The summed E-state index contributed by atoms with van der Waals surface area (Å²) in [7, 11) is 0. The number of amides is 1. The van der Waals surface area contributed by atoms with Crippen LogP contribution in [0.2, 0.25) is 0 Å². The summed E-state index contributed by atoms with van der Waals surface area (Å²) in [5, 5.41) is 3.61. The number of aromatic nitrogens is 2. The van der Waals surface area contributed by atoms with Crippen LogP contribution in [0.5, 0.6) is 0 Å². The lowest BCUT2D eigenvalue weighted by molar-refractivity contribution is -0.132. The average Bonchev–Trinajstić information content (AvgIpc) is 3.17. The molecule has 1 aliphatic carbocycles. The maximum atomic E-state index is 12.3. The van der Waals surface area contributed by atoms with Crippen molar-refractivity contribution in [2.45, 2.75) is 71.8 Å². The van der Waals surface area contributed by atoms with E-state index >= 15 is 0 Å².